The van der Waals surface area contributed by atoms with Gasteiger partial charge >= 0.3 is 12.1 Å². The summed E-state index contributed by atoms with van der Waals surface area (Å²) >= 11 is 0. The molecule has 9 nitrogen and oxygen atoms in total. The first kappa shape index (κ1) is 16.8. The van der Waals surface area contributed by atoms with Gasteiger partial charge in [0, 0.05) is 7.05 Å². The molecule has 1 aromatic heterocycles. The van der Waals surface area contributed by atoms with E-state index in [4.69, 9.17) is 4.74 Å². The standard InChI is InChI=1S/C14H21N5O4/c1-8-9(19(5)7-16-8)14(10(20)17-11(21)18-14)6-15-12(22)23-13(2,3)4/h7H,6H2,1-5H3,(H,15,22)(H2,17,18,20,21)/t14-/m1/s1. The number of imidazole rings is 1. The van der Waals surface area contributed by atoms with Crippen molar-refractivity contribution in [3.8, 4) is 0 Å². The van der Waals surface area contributed by atoms with Crippen LogP contribution in [0, 0.1) is 6.92 Å². The lowest BCUT2D eigenvalue weighted by atomic mass is 9.93. The van der Waals surface area contributed by atoms with Crippen molar-refractivity contribution in [2.75, 3.05) is 6.54 Å². The SMILES string of the molecule is Cc1ncn(C)c1[C@@]1(CNC(=O)OC(C)(C)C)NC(=O)NC1=O. The molecule has 1 saturated heterocycles. The zero-order chi connectivity index (χ0) is 17.4. The molecular formula is C14H21N5O4. The summed E-state index contributed by atoms with van der Waals surface area (Å²) < 4.78 is 6.80. The van der Waals surface area contributed by atoms with Crippen LogP contribution in [0.15, 0.2) is 6.33 Å². The number of ether oxygens (including phenoxy) is 1. The number of carbonyl (C=O) groups is 3. The normalized spacial score (nSPS) is 20.9. The van der Waals surface area contributed by atoms with Crippen LogP contribution in [0.25, 0.3) is 0 Å². The number of rotatable bonds is 3. The lowest BCUT2D eigenvalue weighted by Gasteiger charge is -2.28. The fourth-order valence-electron chi connectivity index (χ4n) is 2.54. The molecule has 4 amide bonds. The summed E-state index contributed by atoms with van der Waals surface area (Å²) in [5, 5.41) is 7.33. The Balaban J connectivity index is 2.29. The highest BCUT2D eigenvalue weighted by Gasteiger charge is 2.51. The second-order valence-corrected chi connectivity index (χ2v) is 6.46. The molecule has 0 aliphatic carbocycles. The fourth-order valence-corrected chi connectivity index (χ4v) is 2.54. The molecule has 0 bridgehead atoms. The topological polar surface area (TPSA) is 114 Å². The quantitative estimate of drug-likeness (QED) is 0.692. The number of urea groups is 1. The Morgan fingerprint density at radius 2 is 2.09 bits per heavy atom. The second-order valence-electron chi connectivity index (χ2n) is 6.46. The molecule has 0 aromatic carbocycles. The van der Waals surface area contributed by atoms with E-state index in [1.54, 1.807) is 39.3 Å². The van der Waals surface area contributed by atoms with Crippen LogP contribution in [0.2, 0.25) is 0 Å². The van der Waals surface area contributed by atoms with Crippen LogP contribution in [0.1, 0.15) is 32.2 Å². The van der Waals surface area contributed by atoms with Crippen molar-refractivity contribution in [2.24, 2.45) is 7.05 Å². The van der Waals surface area contributed by atoms with Gasteiger partial charge < -0.3 is 19.9 Å². The predicted molar refractivity (Wildman–Crippen MR) is 80.5 cm³/mol. The minimum atomic E-state index is -1.43. The van der Waals surface area contributed by atoms with Gasteiger partial charge in [0.15, 0.2) is 5.54 Å². The number of alkyl carbamates (subject to hydrolysis) is 1. The van der Waals surface area contributed by atoms with E-state index in [9.17, 15) is 14.4 Å². The smallest absolute Gasteiger partial charge is 0.407 e. The molecule has 1 aromatic rings. The number of aromatic nitrogens is 2. The molecule has 0 unspecified atom stereocenters. The van der Waals surface area contributed by atoms with E-state index < -0.39 is 29.2 Å². The Hall–Kier alpha value is -2.58. The Morgan fingerprint density at radius 3 is 2.52 bits per heavy atom. The van der Waals surface area contributed by atoms with Crippen LogP contribution in [0.5, 0.6) is 0 Å². The third-order valence-corrected chi connectivity index (χ3v) is 3.36. The first-order chi connectivity index (χ1) is 10.5. The van der Waals surface area contributed by atoms with Crippen molar-refractivity contribution >= 4 is 18.0 Å². The maximum Gasteiger partial charge on any atom is 0.407 e. The summed E-state index contributed by atoms with van der Waals surface area (Å²) in [5.74, 6) is -0.551. The highest BCUT2D eigenvalue weighted by atomic mass is 16.6. The molecular weight excluding hydrogens is 302 g/mol. The second kappa shape index (κ2) is 5.56. The Bertz CT molecular complexity index is 641. The van der Waals surface area contributed by atoms with E-state index in [2.05, 4.69) is 20.9 Å². The monoisotopic (exact) mass is 323 g/mol. The summed E-state index contributed by atoms with van der Waals surface area (Å²) in [7, 11) is 1.71. The molecule has 0 saturated carbocycles. The van der Waals surface area contributed by atoms with Crippen LogP contribution < -0.4 is 16.0 Å². The summed E-state index contributed by atoms with van der Waals surface area (Å²) in [4.78, 5) is 40.0. The molecule has 23 heavy (non-hydrogen) atoms. The van der Waals surface area contributed by atoms with Crippen molar-refractivity contribution < 1.29 is 19.1 Å². The highest BCUT2D eigenvalue weighted by Crippen LogP contribution is 2.26. The van der Waals surface area contributed by atoms with Gasteiger partial charge in [-0.3, -0.25) is 10.1 Å². The maximum absolute atomic E-state index is 12.4. The Kier molecular flexibility index (Phi) is 4.06. The van der Waals surface area contributed by atoms with Gasteiger partial charge in [-0.15, -0.1) is 0 Å². The fraction of sp³-hybridized carbons (Fsp3) is 0.571. The number of amides is 4. The molecule has 0 spiro atoms. The maximum atomic E-state index is 12.4. The van der Waals surface area contributed by atoms with Crippen LogP contribution in [0.4, 0.5) is 9.59 Å². The van der Waals surface area contributed by atoms with Gasteiger partial charge in [-0.05, 0) is 27.7 Å². The lowest BCUT2D eigenvalue weighted by Crippen LogP contribution is -2.54. The summed E-state index contributed by atoms with van der Waals surface area (Å²) in [6, 6.07) is -0.624. The number of imide groups is 1. The van der Waals surface area contributed by atoms with Gasteiger partial charge in [-0.1, -0.05) is 0 Å². The van der Waals surface area contributed by atoms with E-state index in [-0.39, 0.29) is 6.54 Å². The largest absolute Gasteiger partial charge is 0.444 e. The summed E-state index contributed by atoms with van der Waals surface area (Å²) in [5.41, 5.74) is -1.02. The third-order valence-electron chi connectivity index (χ3n) is 3.36. The number of carbonyl (C=O) groups excluding carboxylic acids is 3. The van der Waals surface area contributed by atoms with E-state index in [0.29, 0.717) is 11.4 Å². The number of nitrogens with one attached hydrogen (secondary N) is 3. The summed E-state index contributed by atoms with van der Waals surface area (Å²) in [6.07, 6.45) is 0.864. The minimum absolute atomic E-state index is 0.153. The van der Waals surface area contributed by atoms with Crippen molar-refractivity contribution in [2.45, 2.75) is 38.8 Å². The zero-order valence-electron chi connectivity index (χ0n) is 13.8. The molecule has 0 radical (unpaired) electrons. The molecule has 1 aliphatic rings. The van der Waals surface area contributed by atoms with Crippen LogP contribution in [0.3, 0.4) is 0 Å². The summed E-state index contributed by atoms with van der Waals surface area (Å²) in [6.45, 7) is 6.77. The van der Waals surface area contributed by atoms with E-state index in [0.717, 1.165) is 0 Å². The van der Waals surface area contributed by atoms with E-state index >= 15 is 0 Å². The van der Waals surface area contributed by atoms with Crippen molar-refractivity contribution in [1.82, 2.24) is 25.5 Å². The number of aryl methyl sites for hydroxylation is 2. The molecule has 1 aliphatic heterocycles. The van der Waals surface area contributed by atoms with E-state index in [1.165, 1.54) is 6.33 Å². The Morgan fingerprint density at radius 1 is 1.43 bits per heavy atom. The van der Waals surface area contributed by atoms with Gasteiger partial charge in [-0.25, -0.2) is 14.6 Å². The zero-order valence-corrected chi connectivity index (χ0v) is 13.8. The van der Waals surface area contributed by atoms with Crippen LogP contribution in [-0.2, 0) is 22.1 Å². The van der Waals surface area contributed by atoms with E-state index in [1.807, 2.05) is 0 Å². The third kappa shape index (κ3) is 3.27. The molecule has 3 N–H and O–H groups in total. The predicted octanol–water partition coefficient (Wildman–Crippen LogP) is 0.288. The van der Waals surface area contributed by atoms with Gasteiger partial charge in [0.25, 0.3) is 5.91 Å². The number of hydrogen-bond donors (Lipinski definition) is 3. The molecule has 126 valence electrons. The van der Waals surface area contributed by atoms with Crippen LogP contribution >= 0.6 is 0 Å². The average Bonchev–Trinajstić information content (AvgIpc) is 2.86. The van der Waals surface area contributed by atoms with Gasteiger partial charge in [0.05, 0.1) is 24.3 Å². The highest BCUT2D eigenvalue weighted by molar-refractivity contribution is 6.07. The van der Waals surface area contributed by atoms with Crippen molar-refractivity contribution in [3.05, 3.63) is 17.7 Å². The van der Waals surface area contributed by atoms with Crippen LogP contribution in [-0.4, -0.2) is 39.7 Å². The van der Waals surface area contributed by atoms with Gasteiger partial charge in [-0.2, -0.15) is 0 Å². The first-order valence-electron chi connectivity index (χ1n) is 7.14. The number of nitrogens with zero attached hydrogens (tertiary/aromatic N) is 2. The molecule has 1 atom stereocenters. The molecule has 2 heterocycles. The molecule has 2 rings (SSSR count). The first-order valence-corrected chi connectivity index (χ1v) is 7.14. The van der Waals surface area contributed by atoms with Crippen molar-refractivity contribution in [1.29, 1.82) is 0 Å². The minimum Gasteiger partial charge on any atom is -0.444 e. The Labute approximate surface area is 133 Å². The lowest BCUT2D eigenvalue weighted by molar-refractivity contribution is -0.124. The number of hydrogen-bond acceptors (Lipinski definition) is 5. The molecule has 1 fully saturated rings. The van der Waals surface area contributed by atoms with Gasteiger partial charge in [0.2, 0.25) is 0 Å². The molecule has 9 heteroatoms. The van der Waals surface area contributed by atoms with Crippen molar-refractivity contribution in [3.63, 3.8) is 0 Å². The van der Waals surface area contributed by atoms with Gasteiger partial charge in [0.1, 0.15) is 5.60 Å². The average molecular weight is 323 g/mol.